The van der Waals surface area contributed by atoms with Crippen LogP contribution in [0.2, 0.25) is 0 Å². The maximum Gasteiger partial charge on any atom is 0.0610 e. The van der Waals surface area contributed by atoms with Crippen LogP contribution in [-0.4, -0.2) is 29.5 Å². The van der Waals surface area contributed by atoms with E-state index in [1.54, 1.807) is 0 Å². The molecule has 0 saturated heterocycles. The van der Waals surface area contributed by atoms with Gasteiger partial charge in [-0.05, 0) is 55.7 Å². The van der Waals surface area contributed by atoms with Crippen LogP contribution in [0.15, 0.2) is 29.2 Å². The molecule has 120 valence electrons. The summed E-state index contributed by atoms with van der Waals surface area (Å²) in [5.41, 5.74) is 1.29. The Bertz CT molecular complexity index is 391. The van der Waals surface area contributed by atoms with Gasteiger partial charge in [0.2, 0.25) is 0 Å². The van der Waals surface area contributed by atoms with E-state index in [-0.39, 0.29) is 12.1 Å². The molecule has 3 heteroatoms. The van der Waals surface area contributed by atoms with Crippen molar-refractivity contribution < 1.29 is 5.11 Å². The maximum absolute atomic E-state index is 9.45. The van der Waals surface area contributed by atoms with E-state index in [0.717, 1.165) is 25.1 Å². The fourth-order valence-corrected chi connectivity index (χ4v) is 3.32. The van der Waals surface area contributed by atoms with Crippen LogP contribution in [0.25, 0.3) is 0 Å². The zero-order chi connectivity index (χ0) is 15.7. The molecule has 0 spiro atoms. The van der Waals surface area contributed by atoms with Crippen molar-refractivity contribution >= 4 is 11.8 Å². The minimum absolute atomic E-state index is 0.113. The number of thioether (sulfide) groups is 1. The summed E-state index contributed by atoms with van der Waals surface area (Å²) in [7, 11) is 0. The summed E-state index contributed by atoms with van der Waals surface area (Å²) in [4.78, 5) is 1.36. The van der Waals surface area contributed by atoms with Gasteiger partial charge in [-0.15, -0.1) is 11.8 Å². The van der Waals surface area contributed by atoms with E-state index in [4.69, 9.17) is 0 Å². The Labute approximate surface area is 134 Å². The molecule has 0 bridgehead atoms. The molecule has 0 aliphatic heterocycles. The van der Waals surface area contributed by atoms with Crippen LogP contribution in [0.5, 0.6) is 0 Å². The van der Waals surface area contributed by atoms with Gasteiger partial charge in [-0.1, -0.05) is 39.3 Å². The summed E-state index contributed by atoms with van der Waals surface area (Å²) in [6.45, 7) is 9.77. The first-order chi connectivity index (χ1) is 10.0. The van der Waals surface area contributed by atoms with E-state index in [2.05, 4.69) is 57.3 Å². The highest BCUT2D eigenvalue weighted by Crippen LogP contribution is 2.23. The quantitative estimate of drug-likeness (QED) is 0.495. The number of unbranched alkanes of at least 4 members (excludes halogenated alkanes) is 1. The standard InChI is InChI=1S/C18H31NOS/c1-5-19-18(4,14-20)12-6-7-13-21-17-10-8-16(9-11-17)15(2)3/h8-11,15,19-20H,5-7,12-14H2,1-4H3. The van der Waals surface area contributed by atoms with Crippen LogP contribution < -0.4 is 5.32 Å². The molecule has 0 aliphatic rings. The molecule has 1 aromatic carbocycles. The van der Waals surface area contributed by atoms with Crippen LogP contribution in [0.4, 0.5) is 0 Å². The zero-order valence-electron chi connectivity index (χ0n) is 14.0. The Morgan fingerprint density at radius 3 is 2.38 bits per heavy atom. The summed E-state index contributed by atoms with van der Waals surface area (Å²) in [5, 5.41) is 12.8. The van der Waals surface area contributed by atoms with E-state index in [0.29, 0.717) is 5.92 Å². The number of aliphatic hydroxyl groups is 1. The van der Waals surface area contributed by atoms with Crippen molar-refractivity contribution in [3.05, 3.63) is 29.8 Å². The summed E-state index contributed by atoms with van der Waals surface area (Å²) in [5.74, 6) is 1.75. The molecule has 21 heavy (non-hydrogen) atoms. The van der Waals surface area contributed by atoms with Crippen LogP contribution >= 0.6 is 11.8 Å². The van der Waals surface area contributed by atoms with Crippen LogP contribution in [0.1, 0.15) is 58.4 Å². The van der Waals surface area contributed by atoms with E-state index >= 15 is 0 Å². The number of nitrogens with one attached hydrogen (secondary N) is 1. The topological polar surface area (TPSA) is 32.3 Å². The maximum atomic E-state index is 9.45. The number of hydrogen-bond acceptors (Lipinski definition) is 3. The first kappa shape index (κ1) is 18.5. The Morgan fingerprint density at radius 2 is 1.86 bits per heavy atom. The van der Waals surface area contributed by atoms with Crippen molar-refractivity contribution in [1.29, 1.82) is 0 Å². The number of benzene rings is 1. The highest BCUT2D eigenvalue weighted by molar-refractivity contribution is 7.99. The van der Waals surface area contributed by atoms with Crippen molar-refractivity contribution in [3.8, 4) is 0 Å². The fraction of sp³-hybridized carbons (Fsp3) is 0.667. The number of hydrogen-bond donors (Lipinski definition) is 2. The van der Waals surface area contributed by atoms with Crippen molar-refractivity contribution in [3.63, 3.8) is 0 Å². The van der Waals surface area contributed by atoms with Gasteiger partial charge in [-0.2, -0.15) is 0 Å². The van der Waals surface area contributed by atoms with E-state index < -0.39 is 0 Å². The van der Waals surface area contributed by atoms with Gasteiger partial charge in [0.1, 0.15) is 0 Å². The fourth-order valence-electron chi connectivity index (χ4n) is 2.41. The van der Waals surface area contributed by atoms with Crippen molar-refractivity contribution in [1.82, 2.24) is 5.32 Å². The number of likely N-dealkylation sites (N-methyl/N-ethyl adjacent to an activating group) is 1. The molecule has 2 N–H and O–H groups in total. The van der Waals surface area contributed by atoms with Gasteiger partial charge in [0.05, 0.1) is 6.61 Å². The zero-order valence-corrected chi connectivity index (χ0v) is 14.8. The van der Waals surface area contributed by atoms with Crippen LogP contribution in [0.3, 0.4) is 0 Å². The largest absolute Gasteiger partial charge is 0.394 e. The Hall–Kier alpha value is -0.510. The molecule has 1 atom stereocenters. The predicted octanol–water partition coefficient (Wildman–Crippen LogP) is 4.43. The SMILES string of the molecule is CCNC(C)(CO)CCCCSc1ccc(C(C)C)cc1. The minimum Gasteiger partial charge on any atom is -0.394 e. The van der Waals surface area contributed by atoms with Crippen LogP contribution in [0, 0.1) is 0 Å². The smallest absolute Gasteiger partial charge is 0.0610 e. The van der Waals surface area contributed by atoms with Gasteiger partial charge >= 0.3 is 0 Å². The highest BCUT2D eigenvalue weighted by atomic mass is 32.2. The molecule has 0 saturated carbocycles. The first-order valence-corrected chi connectivity index (χ1v) is 9.08. The lowest BCUT2D eigenvalue weighted by molar-refractivity contribution is 0.165. The Balaban J connectivity index is 2.25. The lowest BCUT2D eigenvalue weighted by atomic mass is 9.96. The Kier molecular flexibility index (Phi) is 8.38. The third-order valence-electron chi connectivity index (χ3n) is 3.89. The van der Waals surface area contributed by atoms with Gasteiger partial charge in [0.15, 0.2) is 0 Å². The molecule has 1 unspecified atom stereocenters. The minimum atomic E-state index is -0.113. The first-order valence-electron chi connectivity index (χ1n) is 8.09. The second-order valence-corrected chi connectivity index (χ2v) is 7.45. The predicted molar refractivity (Wildman–Crippen MR) is 94.3 cm³/mol. The third kappa shape index (κ3) is 6.86. The molecule has 2 nitrogen and oxygen atoms in total. The van der Waals surface area contributed by atoms with Gasteiger partial charge in [0, 0.05) is 10.4 Å². The van der Waals surface area contributed by atoms with E-state index in [1.165, 1.54) is 16.9 Å². The molecule has 0 fully saturated rings. The van der Waals surface area contributed by atoms with Crippen LogP contribution in [-0.2, 0) is 0 Å². The van der Waals surface area contributed by atoms with Gasteiger partial charge in [0.25, 0.3) is 0 Å². The Morgan fingerprint density at radius 1 is 1.19 bits per heavy atom. The molecule has 0 heterocycles. The normalized spacial score (nSPS) is 14.4. The number of rotatable bonds is 10. The summed E-state index contributed by atoms with van der Waals surface area (Å²) >= 11 is 1.93. The molecular weight excluding hydrogens is 278 g/mol. The van der Waals surface area contributed by atoms with Crippen molar-refractivity contribution in [2.24, 2.45) is 0 Å². The molecule has 0 amide bonds. The van der Waals surface area contributed by atoms with Crippen molar-refractivity contribution in [2.45, 2.75) is 63.3 Å². The van der Waals surface area contributed by atoms with Gasteiger partial charge in [-0.3, -0.25) is 0 Å². The van der Waals surface area contributed by atoms with Gasteiger partial charge < -0.3 is 10.4 Å². The lowest BCUT2D eigenvalue weighted by Gasteiger charge is -2.28. The van der Waals surface area contributed by atoms with E-state index in [9.17, 15) is 5.11 Å². The molecule has 1 aromatic rings. The summed E-state index contributed by atoms with van der Waals surface area (Å²) < 4.78 is 0. The molecular formula is C18H31NOS. The average Bonchev–Trinajstić information content (AvgIpc) is 2.47. The lowest BCUT2D eigenvalue weighted by Crippen LogP contribution is -2.45. The molecule has 0 aliphatic carbocycles. The average molecular weight is 310 g/mol. The van der Waals surface area contributed by atoms with Gasteiger partial charge in [-0.25, -0.2) is 0 Å². The monoisotopic (exact) mass is 309 g/mol. The second kappa shape index (κ2) is 9.50. The summed E-state index contributed by atoms with van der Waals surface area (Å²) in [6, 6.07) is 8.94. The molecule has 0 radical (unpaired) electrons. The van der Waals surface area contributed by atoms with E-state index in [1.807, 2.05) is 11.8 Å². The summed E-state index contributed by atoms with van der Waals surface area (Å²) in [6.07, 6.45) is 3.38. The number of aliphatic hydroxyl groups excluding tert-OH is 1. The third-order valence-corrected chi connectivity index (χ3v) is 4.99. The second-order valence-electron chi connectivity index (χ2n) is 6.28. The highest BCUT2D eigenvalue weighted by Gasteiger charge is 2.20. The molecule has 0 aromatic heterocycles. The van der Waals surface area contributed by atoms with Crippen molar-refractivity contribution in [2.75, 3.05) is 18.9 Å². The molecule has 1 rings (SSSR count).